The van der Waals surface area contributed by atoms with Crippen LogP contribution in [0.25, 0.3) is 0 Å². The van der Waals surface area contributed by atoms with Crippen LogP contribution in [-0.4, -0.2) is 38.5 Å². The van der Waals surface area contributed by atoms with Gasteiger partial charge in [-0.05, 0) is 25.0 Å². The Hall–Kier alpha value is -1.33. The van der Waals surface area contributed by atoms with Crippen molar-refractivity contribution >= 4 is 17.2 Å². The van der Waals surface area contributed by atoms with Gasteiger partial charge in [-0.2, -0.15) is 0 Å². The van der Waals surface area contributed by atoms with E-state index in [2.05, 4.69) is 5.32 Å². The van der Waals surface area contributed by atoms with Gasteiger partial charge in [-0.25, -0.2) is 0 Å². The molecule has 0 bridgehead atoms. The van der Waals surface area contributed by atoms with Crippen molar-refractivity contribution in [1.82, 2.24) is 5.32 Å². The summed E-state index contributed by atoms with van der Waals surface area (Å²) in [5.74, 6) is 1.46. The quantitative estimate of drug-likeness (QED) is 0.837. The zero-order valence-corrected chi connectivity index (χ0v) is 12.1. The predicted octanol–water partition coefficient (Wildman–Crippen LogP) is 2.15. The molecule has 4 nitrogen and oxygen atoms in total. The highest BCUT2D eigenvalue weighted by atomic mass is 32.1. The number of methoxy groups -OCH3 is 2. The first-order chi connectivity index (χ1) is 9.24. The van der Waals surface area contributed by atoms with Crippen LogP contribution in [0, 0.1) is 0 Å². The Morgan fingerprint density at radius 2 is 2.26 bits per heavy atom. The number of benzene rings is 1. The average Bonchev–Trinajstić information content (AvgIpc) is 2.97. The molecule has 1 aromatic rings. The molecule has 1 atom stereocenters. The van der Waals surface area contributed by atoms with Crippen molar-refractivity contribution in [3.05, 3.63) is 23.8 Å². The van der Waals surface area contributed by atoms with Crippen molar-refractivity contribution in [1.29, 1.82) is 0 Å². The summed E-state index contributed by atoms with van der Waals surface area (Å²) in [6.45, 7) is 1.60. The molecule has 1 aliphatic rings. The molecule has 1 saturated heterocycles. The van der Waals surface area contributed by atoms with Gasteiger partial charge in [0.15, 0.2) is 0 Å². The molecule has 0 amide bonds. The van der Waals surface area contributed by atoms with Gasteiger partial charge in [0.2, 0.25) is 0 Å². The smallest absolute Gasteiger partial charge is 0.132 e. The third-order valence-corrected chi connectivity index (χ3v) is 3.53. The highest BCUT2D eigenvalue weighted by molar-refractivity contribution is 7.80. The molecule has 1 aromatic carbocycles. The standard InChI is InChI=1S/C14H19NO3S/c1-16-10-5-6-12(13(8-10)17-2)14(19)15-9-11-4-3-7-18-11/h5-6,8,11H,3-4,7,9H2,1-2H3,(H,15,19)/t11-/m1/s1. The fourth-order valence-corrected chi connectivity index (χ4v) is 2.35. The molecular weight excluding hydrogens is 262 g/mol. The molecule has 0 saturated carbocycles. The minimum atomic E-state index is 0.266. The molecule has 0 aromatic heterocycles. The Labute approximate surface area is 119 Å². The van der Waals surface area contributed by atoms with Crippen LogP contribution in [0.1, 0.15) is 18.4 Å². The van der Waals surface area contributed by atoms with Crippen LogP contribution < -0.4 is 14.8 Å². The maximum atomic E-state index is 5.56. The van der Waals surface area contributed by atoms with Gasteiger partial charge >= 0.3 is 0 Å². The number of nitrogens with one attached hydrogen (secondary N) is 1. The number of rotatable bonds is 5. The zero-order valence-electron chi connectivity index (χ0n) is 11.3. The Kier molecular flexibility index (Phi) is 4.99. The molecule has 1 aliphatic heterocycles. The number of hydrogen-bond donors (Lipinski definition) is 1. The van der Waals surface area contributed by atoms with Crippen molar-refractivity contribution in [2.45, 2.75) is 18.9 Å². The second kappa shape index (κ2) is 6.73. The first kappa shape index (κ1) is 14.1. The second-order valence-electron chi connectivity index (χ2n) is 4.41. The molecule has 5 heteroatoms. The molecule has 104 valence electrons. The van der Waals surface area contributed by atoms with Gasteiger partial charge < -0.3 is 19.5 Å². The summed E-state index contributed by atoms with van der Waals surface area (Å²) in [5, 5.41) is 3.24. The summed E-state index contributed by atoms with van der Waals surface area (Å²) in [6.07, 6.45) is 2.49. The fraction of sp³-hybridized carbons (Fsp3) is 0.500. The van der Waals surface area contributed by atoms with Crippen LogP contribution in [0.5, 0.6) is 11.5 Å². The van der Waals surface area contributed by atoms with Crippen molar-refractivity contribution in [2.24, 2.45) is 0 Å². The maximum absolute atomic E-state index is 5.56. The molecule has 0 aliphatic carbocycles. The van der Waals surface area contributed by atoms with E-state index in [-0.39, 0.29) is 6.10 Å². The van der Waals surface area contributed by atoms with Crippen LogP contribution in [0.3, 0.4) is 0 Å². The fourth-order valence-electron chi connectivity index (χ4n) is 2.09. The average molecular weight is 281 g/mol. The molecular formula is C14H19NO3S. The minimum Gasteiger partial charge on any atom is -0.497 e. The first-order valence-corrected chi connectivity index (χ1v) is 6.77. The molecule has 1 fully saturated rings. The van der Waals surface area contributed by atoms with Crippen molar-refractivity contribution in [3.63, 3.8) is 0 Å². The van der Waals surface area contributed by atoms with Gasteiger partial charge in [-0.15, -0.1) is 0 Å². The van der Waals surface area contributed by atoms with E-state index in [0.717, 1.165) is 37.3 Å². The Morgan fingerprint density at radius 1 is 1.42 bits per heavy atom. The molecule has 2 rings (SSSR count). The molecule has 19 heavy (non-hydrogen) atoms. The van der Waals surface area contributed by atoms with E-state index in [1.54, 1.807) is 14.2 Å². The van der Waals surface area contributed by atoms with Crippen LogP contribution in [0.4, 0.5) is 0 Å². The van der Waals surface area contributed by atoms with E-state index in [1.807, 2.05) is 18.2 Å². The monoisotopic (exact) mass is 281 g/mol. The minimum absolute atomic E-state index is 0.266. The normalized spacial score (nSPS) is 18.1. The van der Waals surface area contributed by atoms with Crippen molar-refractivity contribution in [3.8, 4) is 11.5 Å². The first-order valence-electron chi connectivity index (χ1n) is 6.36. The van der Waals surface area contributed by atoms with E-state index in [4.69, 9.17) is 26.4 Å². The molecule has 0 unspecified atom stereocenters. The number of thiocarbonyl (C=S) groups is 1. The Bertz CT molecular complexity index is 444. The maximum Gasteiger partial charge on any atom is 0.132 e. The van der Waals surface area contributed by atoms with E-state index < -0.39 is 0 Å². The lowest BCUT2D eigenvalue weighted by atomic mass is 10.1. The lowest BCUT2D eigenvalue weighted by Crippen LogP contribution is -2.31. The second-order valence-corrected chi connectivity index (χ2v) is 4.82. The van der Waals surface area contributed by atoms with E-state index >= 15 is 0 Å². The number of ether oxygens (including phenoxy) is 3. The van der Waals surface area contributed by atoms with Gasteiger partial charge in [0.25, 0.3) is 0 Å². The van der Waals surface area contributed by atoms with Crippen LogP contribution in [0.15, 0.2) is 18.2 Å². The highest BCUT2D eigenvalue weighted by Gasteiger charge is 2.16. The number of hydrogen-bond acceptors (Lipinski definition) is 4. The van der Waals surface area contributed by atoms with Gasteiger partial charge in [0.1, 0.15) is 16.5 Å². The topological polar surface area (TPSA) is 39.7 Å². The van der Waals surface area contributed by atoms with Gasteiger partial charge in [-0.1, -0.05) is 12.2 Å². The van der Waals surface area contributed by atoms with E-state index in [1.165, 1.54) is 0 Å². The summed E-state index contributed by atoms with van der Waals surface area (Å²) >= 11 is 5.40. The zero-order chi connectivity index (χ0) is 13.7. The highest BCUT2D eigenvalue weighted by Crippen LogP contribution is 2.24. The predicted molar refractivity (Wildman–Crippen MR) is 78.2 cm³/mol. The van der Waals surface area contributed by atoms with Crippen LogP contribution >= 0.6 is 12.2 Å². The molecule has 0 spiro atoms. The summed E-state index contributed by atoms with van der Waals surface area (Å²) in [4.78, 5) is 0.676. The Balaban J connectivity index is 2.01. The summed E-state index contributed by atoms with van der Waals surface area (Å²) in [7, 11) is 3.25. The molecule has 1 heterocycles. The van der Waals surface area contributed by atoms with Gasteiger partial charge in [0, 0.05) is 19.2 Å². The van der Waals surface area contributed by atoms with Crippen LogP contribution in [-0.2, 0) is 4.74 Å². The van der Waals surface area contributed by atoms with Gasteiger partial charge in [-0.3, -0.25) is 0 Å². The van der Waals surface area contributed by atoms with Crippen molar-refractivity contribution in [2.75, 3.05) is 27.4 Å². The Morgan fingerprint density at radius 3 is 2.89 bits per heavy atom. The summed E-state index contributed by atoms with van der Waals surface area (Å²) in [5.41, 5.74) is 0.872. The lowest BCUT2D eigenvalue weighted by Gasteiger charge is -2.15. The molecule has 1 N–H and O–H groups in total. The third kappa shape index (κ3) is 3.58. The third-order valence-electron chi connectivity index (χ3n) is 3.17. The summed E-state index contributed by atoms with van der Waals surface area (Å²) < 4.78 is 16.1. The van der Waals surface area contributed by atoms with Crippen molar-refractivity contribution < 1.29 is 14.2 Å². The van der Waals surface area contributed by atoms with Crippen LogP contribution in [0.2, 0.25) is 0 Å². The van der Waals surface area contributed by atoms with E-state index in [0.29, 0.717) is 10.7 Å². The van der Waals surface area contributed by atoms with E-state index in [9.17, 15) is 0 Å². The van der Waals surface area contributed by atoms with Gasteiger partial charge in [0.05, 0.1) is 25.9 Å². The SMILES string of the molecule is COc1ccc(C(=S)NC[C@H]2CCCO2)c(OC)c1. The summed E-state index contributed by atoms with van der Waals surface area (Å²) in [6, 6.07) is 5.61. The molecule has 0 radical (unpaired) electrons. The lowest BCUT2D eigenvalue weighted by molar-refractivity contribution is 0.114. The largest absolute Gasteiger partial charge is 0.497 e.